The molecule has 0 radical (unpaired) electrons. The number of hydrogen-bond donors (Lipinski definition) is 1. The molecule has 4 bridgehead atoms. The minimum atomic E-state index is -0.825. The van der Waals surface area contributed by atoms with Crippen LogP contribution in [0.25, 0.3) is 0 Å². The SMILES string of the molecule is CC(OC1C2CC3CC(C2)CC1C3)C(=O)O. The minimum absolute atomic E-state index is 0.235. The van der Waals surface area contributed by atoms with Crippen LogP contribution in [0.15, 0.2) is 0 Å². The van der Waals surface area contributed by atoms with Gasteiger partial charge in [0.1, 0.15) is 0 Å². The van der Waals surface area contributed by atoms with Crippen LogP contribution in [0.2, 0.25) is 0 Å². The number of carboxylic acids is 1. The van der Waals surface area contributed by atoms with Gasteiger partial charge in [0.2, 0.25) is 0 Å². The van der Waals surface area contributed by atoms with Crippen LogP contribution in [-0.4, -0.2) is 23.3 Å². The Balaban J connectivity index is 1.70. The van der Waals surface area contributed by atoms with E-state index >= 15 is 0 Å². The summed E-state index contributed by atoms with van der Waals surface area (Å²) < 4.78 is 5.79. The molecule has 0 heterocycles. The fourth-order valence-corrected chi connectivity index (χ4v) is 4.39. The molecule has 0 saturated heterocycles. The van der Waals surface area contributed by atoms with E-state index in [4.69, 9.17) is 9.84 Å². The van der Waals surface area contributed by atoms with Gasteiger partial charge < -0.3 is 9.84 Å². The molecule has 0 aromatic heterocycles. The van der Waals surface area contributed by atoms with Gasteiger partial charge in [-0.3, -0.25) is 0 Å². The first-order valence-electron chi connectivity index (χ1n) is 6.51. The summed E-state index contributed by atoms with van der Waals surface area (Å²) in [5, 5.41) is 8.91. The fraction of sp³-hybridized carbons (Fsp3) is 0.923. The highest BCUT2D eigenvalue weighted by Crippen LogP contribution is 2.54. The Morgan fingerprint density at radius 1 is 1.12 bits per heavy atom. The molecule has 0 aliphatic heterocycles. The van der Waals surface area contributed by atoms with Crippen molar-refractivity contribution in [1.82, 2.24) is 0 Å². The highest BCUT2D eigenvalue weighted by atomic mass is 16.5. The Labute approximate surface area is 96.2 Å². The summed E-state index contributed by atoms with van der Waals surface area (Å²) in [5.41, 5.74) is 0. The van der Waals surface area contributed by atoms with Crippen LogP contribution in [0.4, 0.5) is 0 Å². The van der Waals surface area contributed by atoms with Crippen LogP contribution in [-0.2, 0) is 9.53 Å². The second kappa shape index (κ2) is 3.73. The second-order valence-corrected chi connectivity index (χ2v) is 6.01. The van der Waals surface area contributed by atoms with E-state index in [1.807, 2.05) is 0 Å². The Morgan fingerprint density at radius 3 is 2.06 bits per heavy atom. The third-order valence-electron chi connectivity index (χ3n) is 4.85. The molecule has 1 unspecified atom stereocenters. The normalized spacial score (nSPS) is 46.9. The van der Waals surface area contributed by atoms with E-state index in [1.54, 1.807) is 6.92 Å². The van der Waals surface area contributed by atoms with Gasteiger partial charge in [-0.2, -0.15) is 0 Å². The van der Waals surface area contributed by atoms with Crippen molar-refractivity contribution in [2.24, 2.45) is 23.7 Å². The molecular formula is C13H20O3. The van der Waals surface area contributed by atoms with Crippen molar-refractivity contribution in [1.29, 1.82) is 0 Å². The van der Waals surface area contributed by atoms with Crippen LogP contribution >= 0.6 is 0 Å². The number of hydrogen-bond acceptors (Lipinski definition) is 2. The number of rotatable bonds is 3. The molecule has 0 spiro atoms. The smallest absolute Gasteiger partial charge is 0.332 e. The highest BCUT2D eigenvalue weighted by molar-refractivity contribution is 5.71. The van der Waals surface area contributed by atoms with Crippen LogP contribution in [0.3, 0.4) is 0 Å². The van der Waals surface area contributed by atoms with Crippen molar-refractivity contribution < 1.29 is 14.6 Å². The average Bonchev–Trinajstić information content (AvgIpc) is 2.21. The summed E-state index contributed by atoms with van der Waals surface area (Å²) in [4.78, 5) is 10.8. The van der Waals surface area contributed by atoms with Gasteiger partial charge in [-0.15, -0.1) is 0 Å². The van der Waals surface area contributed by atoms with Gasteiger partial charge >= 0.3 is 5.97 Å². The van der Waals surface area contributed by atoms with Crippen LogP contribution in [0, 0.1) is 23.7 Å². The highest BCUT2D eigenvalue weighted by Gasteiger charge is 2.49. The molecule has 4 fully saturated rings. The van der Waals surface area contributed by atoms with E-state index in [2.05, 4.69) is 0 Å². The lowest BCUT2D eigenvalue weighted by Crippen LogP contribution is -2.50. The predicted octanol–water partition coefficient (Wildman–Crippen LogP) is 2.30. The topological polar surface area (TPSA) is 46.5 Å². The molecule has 3 nitrogen and oxygen atoms in total. The molecule has 4 aliphatic rings. The van der Waals surface area contributed by atoms with Gasteiger partial charge in [-0.25, -0.2) is 4.79 Å². The maximum atomic E-state index is 10.8. The van der Waals surface area contributed by atoms with Gasteiger partial charge in [-0.1, -0.05) is 0 Å². The standard InChI is InChI=1S/C13H20O3/c1-7(13(14)15)16-12-10-3-8-2-9(5-10)6-11(12)4-8/h7-12H,2-6H2,1H3,(H,14,15). The van der Waals surface area contributed by atoms with Gasteiger partial charge in [0.05, 0.1) is 6.10 Å². The van der Waals surface area contributed by atoms with E-state index in [1.165, 1.54) is 32.1 Å². The lowest BCUT2D eigenvalue weighted by molar-refractivity contribution is -0.174. The van der Waals surface area contributed by atoms with Crippen molar-refractivity contribution in [3.05, 3.63) is 0 Å². The third kappa shape index (κ3) is 1.65. The van der Waals surface area contributed by atoms with Crippen molar-refractivity contribution in [3.8, 4) is 0 Å². The van der Waals surface area contributed by atoms with Gasteiger partial charge in [-0.05, 0) is 62.7 Å². The van der Waals surface area contributed by atoms with E-state index in [0.717, 1.165) is 11.8 Å². The quantitative estimate of drug-likeness (QED) is 0.800. The number of aliphatic carboxylic acids is 1. The summed E-state index contributed by atoms with van der Waals surface area (Å²) in [6, 6.07) is 0. The molecule has 0 aromatic rings. The summed E-state index contributed by atoms with van der Waals surface area (Å²) in [7, 11) is 0. The maximum absolute atomic E-state index is 10.8. The fourth-order valence-electron chi connectivity index (χ4n) is 4.39. The lowest BCUT2D eigenvalue weighted by Gasteiger charge is -2.54. The lowest BCUT2D eigenvalue weighted by atomic mass is 9.55. The van der Waals surface area contributed by atoms with Crippen molar-refractivity contribution in [3.63, 3.8) is 0 Å². The van der Waals surface area contributed by atoms with E-state index in [0.29, 0.717) is 11.8 Å². The zero-order chi connectivity index (χ0) is 11.3. The first-order valence-corrected chi connectivity index (χ1v) is 6.51. The Hall–Kier alpha value is -0.570. The number of carboxylic acid groups (broad SMARTS) is 1. The molecule has 3 heteroatoms. The number of ether oxygens (including phenoxy) is 1. The Morgan fingerprint density at radius 2 is 1.62 bits per heavy atom. The molecule has 16 heavy (non-hydrogen) atoms. The van der Waals surface area contributed by atoms with Crippen molar-refractivity contribution >= 4 is 5.97 Å². The summed E-state index contributed by atoms with van der Waals surface area (Å²) in [6.07, 6.45) is 6.15. The van der Waals surface area contributed by atoms with Crippen molar-refractivity contribution in [2.45, 2.75) is 51.2 Å². The molecule has 4 rings (SSSR count). The van der Waals surface area contributed by atoms with Gasteiger partial charge in [0.25, 0.3) is 0 Å². The van der Waals surface area contributed by atoms with Crippen LogP contribution in [0.5, 0.6) is 0 Å². The summed E-state index contributed by atoms with van der Waals surface area (Å²) in [6.45, 7) is 1.66. The van der Waals surface area contributed by atoms with Crippen molar-refractivity contribution in [2.75, 3.05) is 0 Å². The third-order valence-corrected chi connectivity index (χ3v) is 4.85. The largest absolute Gasteiger partial charge is 0.479 e. The average molecular weight is 224 g/mol. The molecule has 4 saturated carbocycles. The molecule has 1 atom stereocenters. The molecule has 1 N–H and O–H groups in total. The van der Waals surface area contributed by atoms with E-state index in [9.17, 15) is 4.79 Å². The summed E-state index contributed by atoms with van der Waals surface area (Å²) in [5.74, 6) is 2.31. The van der Waals surface area contributed by atoms with Crippen LogP contribution < -0.4 is 0 Å². The monoisotopic (exact) mass is 224 g/mol. The van der Waals surface area contributed by atoms with E-state index in [-0.39, 0.29) is 6.10 Å². The molecule has 4 aliphatic carbocycles. The molecule has 0 amide bonds. The summed E-state index contributed by atoms with van der Waals surface area (Å²) >= 11 is 0. The minimum Gasteiger partial charge on any atom is -0.479 e. The molecule has 90 valence electrons. The van der Waals surface area contributed by atoms with Gasteiger partial charge in [0, 0.05) is 0 Å². The van der Waals surface area contributed by atoms with Gasteiger partial charge in [0.15, 0.2) is 6.10 Å². The van der Waals surface area contributed by atoms with E-state index < -0.39 is 12.1 Å². The Kier molecular flexibility index (Phi) is 2.46. The molecule has 0 aromatic carbocycles. The zero-order valence-corrected chi connectivity index (χ0v) is 9.76. The molecular weight excluding hydrogens is 204 g/mol. The number of carbonyl (C=O) groups is 1. The second-order valence-electron chi connectivity index (χ2n) is 6.01. The first-order chi connectivity index (χ1) is 7.63. The maximum Gasteiger partial charge on any atom is 0.332 e. The zero-order valence-electron chi connectivity index (χ0n) is 9.76. The van der Waals surface area contributed by atoms with Crippen LogP contribution in [0.1, 0.15) is 39.0 Å². The Bertz CT molecular complexity index is 272. The first kappa shape index (κ1) is 10.6. The predicted molar refractivity (Wildman–Crippen MR) is 59.0 cm³/mol.